The zero-order valence-corrected chi connectivity index (χ0v) is 5.41. The molecule has 0 saturated heterocycles. The number of rotatable bonds is 0. The smallest absolute Gasteiger partial charge is 0.246 e. The number of H-pyrrole nitrogens is 1. The van der Waals surface area contributed by atoms with Gasteiger partial charge in [0.1, 0.15) is 0 Å². The first kappa shape index (κ1) is 6.09. The molecule has 0 fully saturated rings. The minimum atomic E-state index is -0.610. The maximum absolute atomic E-state index is 12.8. The van der Waals surface area contributed by atoms with Crippen molar-refractivity contribution in [1.82, 2.24) is 14.6 Å². The van der Waals surface area contributed by atoms with E-state index in [9.17, 15) is 9.18 Å². The SMILES string of the molecule is O=c1[nH]nc2cccc(F)n12. The molecule has 56 valence electrons. The molecule has 2 rings (SSSR count). The molecule has 0 bridgehead atoms. The van der Waals surface area contributed by atoms with Crippen molar-refractivity contribution in [3.63, 3.8) is 0 Å². The van der Waals surface area contributed by atoms with Crippen molar-refractivity contribution in [2.75, 3.05) is 0 Å². The Kier molecular flexibility index (Phi) is 1.06. The first-order valence-electron chi connectivity index (χ1n) is 3.01. The van der Waals surface area contributed by atoms with Crippen molar-refractivity contribution in [2.24, 2.45) is 0 Å². The van der Waals surface area contributed by atoms with Crippen molar-refractivity contribution < 1.29 is 4.39 Å². The lowest BCUT2D eigenvalue weighted by Gasteiger charge is -1.89. The molecule has 11 heavy (non-hydrogen) atoms. The Balaban J connectivity index is 3.08. The normalized spacial score (nSPS) is 10.6. The van der Waals surface area contributed by atoms with Crippen LogP contribution in [0.4, 0.5) is 4.39 Å². The van der Waals surface area contributed by atoms with Gasteiger partial charge < -0.3 is 0 Å². The molecule has 0 unspecified atom stereocenters. The molecule has 0 aliphatic rings. The molecule has 1 N–H and O–H groups in total. The average Bonchev–Trinajstić information content (AvgIpc) is 2.34. The van der Waals surface area contributed by atoms with E-state index in [1.165, 1.54) is 12.1 Å². The van der Waals surface area contributed by atoms with Crippen molar-refractivity contribution in [2.45, 2.75) is 0 Å². The van der Waals surface area contributed by atoms with E-state index in [0.29, 0.717) is 0 Å². The van der Waals surface area contributed by atoms with Crippen LogP contribution in [0.25, 0.3) is 5.65 Å². The number of aromatic amines is 1. The molecular weight excluding hydrogens is 149 g/mol. The van der Waals surface area contributed by atoms with Crippen LogP contribution in [0.3, 0.4) is 0 Å². The van der Waals surface area contributed by atoms with E-state index in [2.05, 4.69) is 10.2 Å². The molecule has 5 heteroatoms. The summed E-state index contributed by atoms with van der Waals surface area (Å²) in [5.41, 5.74) is -0.270. The zero-order valence-electron chi connectivity index (χ0n) is 5.41. The van der Waals surface area contributed by atoms with Gasteiger partial charge in [0.25, 0.3) is 0 Å². The largest absolute Gasteiger partial charge is 0.350 e. The van der Waals surface area contributed by atoms with Gasteiger partial charge in [-0.3, -0.25) is 0 Å². The van der Waals surface area contributed by atoms with Crippen molar-refractivity contribution in [1.29, 1.82) is 0 Å². The van der Waals surface area contributed by atoms with Gasteiger partial charge in [0.15, 0.2) is 5.65 Å². The van der Waals surface area contributed by atoms with Crippen LogP contribution in [0.5, 0.6) is 0 Å². The number of pyridine rings is 1. The summed E-state index contributed by atoms with van der Waals surface area (Å²) in [5, 5.41) is 5.70. The first-order chi connectivity index (χ1) is 5.29. The fourth-order valence-corrected chi connectivity index (χ4v) is 0.915. The predicted molar refractivity (Wildman–Crippen MR) is 35.8 cm³/mol. The Labute approximate surface area is 60.3 Å². The summed E-state index contributed by atoms with van der Waals surface area (Å²) in [7, 11) is 0. The fourth-order valence-electron chi connectivity index (χ4n) is 0.915. The third-order valence-electron chi connectivity index (χ3n) is 1.39. The molecule has 0 radical (unpaired) electrons. The van der Waals surface area contributed by atoms with Crippen LogP contribution in [0.15, 0.2) is 23.0 Å². The van der Waals surface area contributed by atoms with E-state index in [1.54, 1.807) is 6.07 Å². The van der Waals surface area contributed by atoms with Crippen molar-refractivity contribution >= 4 is 5.65 Å². The second kappa shape index (κ2) is 1.91. The molecule has 0 aromatic carbocycles. The quantitative estimate of drug-likeness (QED) is 0.548. The Bertz CT molecular complexity index is 444. The summed E-state index contributed by atoms with van der Waals surface area (Å²) in [6.45, 7) is 0. The lowest BCUT2D eigenvalue weighted by molar-refractivity contribution is 0.561. The fraction of sp³-hybridized carbons (Fsp3) is 0. The topological polar surface area (TPSA) is 50.2 Å². The highest BCUT2D eigenvalue weighted by molar-refractivity contribution is 5.35. The summed E-state index contributed by atoms with van der Waals surface area (Å²) in [4.78, 5) is 10.8. The van der Waals surface area contributed by atoms with Gasteiger partial charge in [-0.1, -0.05) is 6.07 Å². The summed E-state index contributed by atoms with van der Waals surface area (Å²) >= 11 is 0. The molecule has 0 aliphatic carbocycles. The highest BCUT2D eigenvalue weighted by Gasteiger charge is 2.02. The minimum absolute atomic E-state index is 0.287. The van der Waals surface area contributed by atoms with Gasteiger partial charge in [0.2, 0.25) is 5.95 Å². The van der Waals surface area contributed by atoms with Crippen LogP contribution in [0.1, 0.15) is 0 Å². The van der Waals surface area contributed by atoms with Crippen LogP contribution < -0.4 is 5.69 Å². The van der Waals surface area contributed by atoms with E-state index >= 15 is 0 Å². The van der Waals surface area contributed by atoms with Gasteiger partial charge in [-0.25, -0.2) is 14.3 Å². The van der Waals surface area contributed by atoms with Crippen molar-refractivity contribution in [3.05, 3.63) is 34.6 Å². The highest BCUT2D eigenvalue weighted by atomic mass is 19.1. The Hall–Kier alpha value is -1.65. The van der Waals surface area contributed by atoms with E-state index in [1.807, 2.05) is 0 Å². The average molecular weight is 153 g/mol. The second-order valence-electron chi connectivity index (χ2n) is 2.07. The number of nitrogens with zero attached hydrogens (tertiary/aromatic N) is 2. The monoisotopic (exact) mass is 153 g/mol. The number of aromatic nitrogens is 3. The van der Waals surface area contributed by atoms with Gasteiger partial charge in [0, 0.05) is 0 Å². The molecule has 0 saturated carbocycles. The number of halogens is 1. The van der Waals surface area contributed by atoms with E-state index in [0.717, 1.165) is 4.40 Å². The van der Waals surface area contributed by atoms with Gasteiger partial charge >= 0.3 is 5.69 Å². The van der Waals surface area contributed by atoms with Gasteiger partial charge in [0.05, 0.1) is 0 Å². The molecule has 0 spiro atoms. The molecule has 0 atom stereocenters. The molecule has 0 amide bonds. The highest BCUT2D eigenvalue weighted by Crippen LogP contribution is 1.98. The van der Waals surface area contributed by atoms with Gasteiger partial charge in [-0.2, -0.15) is 9.49 Å². The summed E-state index contributed by atoms with van der Waals surface area (Å²) in [6.07, 6.45) is 0. The summed E-state index contributed by atoms with van der Waals surface area (Å²) in [5.74, 6) is -0.610. The standard InChI is InChI=1S/C6H4FN3O/c7-4-2-1-3-5-8-9-6(11)10(4)5/h1-3H,(H,9,11). The lowest BCUT2D eigenvalue weighted by Crippen LogP contribution is -2.11. The summed E-state index contributed by atoms with van der Waals surface area (Å²) in [6, 6.07) is 4.23. The van der Waals surface area contributed by atoms with Crippen LogP contribution >= 0.6 is 0 Å². The predicted octanol–water partition coefficient (Wildman–Crippen LogP) is 0.162. The Morgan fingerprint density at radius 2 is 2.36 bits per heavy atom. The van der Waals surface area contributed by atoms with Gasteiger partial charge in [-0.15, -0.1) is 0 Å². The number of nitrogens with one attached hydrogen (secondary N) is 1. The molecule has 2 heterocycles. The van der Waals surface area contributed by atoms with Crippen LogP contribution in [0.2, 0.25) is 0 Å². The Morgan fingerprint density at radius 1 is 1.55 bits per heavy atom. The van der Waals surface area contributed by atoms with Crippen LogP contribution in [-0.2, 0) is 0 Å². The number of hydrogen-bond acceptors (Lipinski definition) is 2. The van der Waals surface area contributed by atoms with E-state index < -0.39 is 11.6 Å². The molecule has 4 nitrogen and oxygen atoms in total. The molecule has 2 aromatic heterocycles. The van der Waals surface area contributed by atoms with Gasteiger partial charge in [-0.05, 0) is 12.1 Å². The maximum Gasteiger partial charge on any atom is 0.350 e. The van der Waals surface area contributed by atoms with Crippen LogP contribution in [-0.4, -0.2) is 14.6 Å². The molecule has 2 aromatic rings. The minimum Gasteiger partial charge on any atom is -0.246 e. The number of hydrogen-bond donors (Lipinski definition) is 1. The summed E-state index contributed by atoms with van der Waals surface area (Å²) < 4.78 is 13.6. The van der Waals surface area contributed by atoms with Crippen LogP contribution in [0, 0.1) is 5.95 Å². The zero-order chi connectivity index (χ0) is 7.84. The molecule has 0 aliphatic heterocycles. The maximum atomic E-state index is 12.8. The second-order valence-corrected chi connectivity index (χ2v) is 2.07. The molecular formula is C6H4FN3O. The third-order valence-corrected chi connectivity index (χ3v) is 1.39. The number of fused-ring (bicyclic) bond motifs is 1. The third kappa shape index (κ3) is 0.739. The van der Waals surface area contributed by atoms with E-state index in [4.69, 9.17) is 0 Å². The van der Waals surface area contributed by atoms with Crippen molar-refractivity contribution in [3.8, 4) is 0 Å². The lowest BCUT2D eigenvalue weighted by atomic mass is 10.5. The first-order valence-corrected chi connectivity index (χ1v) is 3.01. The Morgan fingerprint density at radius 3 is 3.09 bits per heavy atom. The van der Waals surface area contributed by atoms with E-state index in [-0.39, 0.29) is 5.65 Å².